The summed E-state index contributed by atoms with van der Waals surface area (Å²) in [7, 11) is -0.610. The number of nitrogens with zero attached hydrogens (tertiary/aromatic N) is 5. The van der Waals surface area contributed by atoms with E-state index in [-0.39, 0.29) is 17.6 Å². The summed E-state index contributed by atoms with van der Waals surface area (Å²) >= 11 is 0. The van der Waals surface area contributed by atoms with Crippen molar-refractivity contribution in [3.05, 3.63) is 42.6 Å². The van der Waals surface area contributed by atoms with Crippen LogP contribution in [0.1, 0.15) is 39.5 Å². The summed E-state index contributed by atoms with van der Waals surface area (Å²) in [6, 6.07) is 10.7. The summed E-state index contributed by atoms with van der Waals surface area (Å²) in [5.41, 5.74) is 1.59. The number of pyridine rings is 1. The van der Waals surface area contributed by atoms with Gasteiger partial charge in [-0.1, -0.05) is 25.5 Å². The molecule has 1 aliphatic rings. The van der Waals surface area contributed by atoms with Crippen molar-refractivity contribution in [2.24, 2.45) is 0 Å². The maximum atomic E-state index is 13.2. The maximum absolute atomic E-state index is 13.2. The molecule has 4 aromatic rings. The molecular weight excluding hydrogens is 548 g/mol. The van der Waals surface area contributed by atoms with Crippen LogP contribution in [0.4, 0.5) is 5.82 Å². The number of hydrogen-bond donors (Lipinski definition) is 1. The number of anilines is 1. The lowest BCUT2D eigenvalue weighted by Gasteiger charge is -2.34. The van der Waals surface area contributed by atoms with Gasteiger partial charge in [-0.2, -0.15) is 0 Å². The van der Waals surface area contributed by atoms with Crippen LogP contribution in [0.5, 0.6) is 17.4 Å². The lowest BCUT2D eigenvalue weighted by atomic mass is 9.95. The smallest absolute Gasteiger partial charge is 0.237 e. The zero-order valence-electron chi connectivity index (χ0n) is 23.5. The zero-order valence-corrected chi connectivity index (χ0v) is 24.3. The summed E-state index contributed by atoms with van der Waals surface area (Å²) in [5, 5.41) is -0.563. The van der Waals surface area contributed by atoms with E-state index in [9.17, 15) is 8.42 Å². The monoisotopic (exact) mass is 582 g/mol. The number of benzene rings is 1. The summed E-state index contributed by atoms with van der Waals surface area (Å²) in [6.45, 7) is 5.06. The highest BCUT2D eigenvalue weighted by Gasteiger charge is 2.39. The maximum Gasteiger partial charge on any atom is 0.237 e. The average molecular weight is 583 g/mol. The number of methoxy groups -OCH3 is 2. The molecule has 0 atom stereocenters. The third-order valence-corrected chi connectivity index (χ3v) is 8.59. The fourth-order valence-corrected chi connectivity index (χ4v) is 6.13. The topological polar surface area (TPSA) is 140 Å². The predicted molar refractivity (Wildman–Crippen MR) is 154 cm³/mol. The first-order chi connectivity index (χ1) is 19.9. The van der Waals surface area contributed by atoms with Crippen LogP contribution in [0.15, 0.2) is 42.6 Å². The molecule has 0 bridgehead atoms. The summed E-state index contributed by atoms with van der Waals surface area (Å²) in [4.78, 5) is 18.4. The van der Waals surface area contributed by atoms with Crippen LogP contribution in [0.2, 0.25) is 0 Å². The van der Waals surface area contributed by atoms with E-state index in [1.165, 1.54) is 6.20 Å². The SMILES string of the molecule is CCCCOC1CC(S(=O)(=O)Nc2cnc3nc(-c4cccc(OCC)n4)n(-c4c(OC)cccc4OC)c3n2)C1. The summed E-state index contributed by atoms with van der Waals surface area (Å²) < 4.78 is 53.4. The minimum Gasteiger partial charge on any atom is -0.494 e. The third kappa shape index (κ3) is 5.91. The second-order valence-electron chi connectivity index (χ2n) is 9.57. The Bertz CT molecular complexity index is 1600. The van der Waals surface area contributed by atoms with Crippen molar-refractivity contribution in [2.45, 2.75) is 50.9 Å². The molecule has 12 nitrogen and oxygen atoms in total. The van der Waals surface area contributed by atoms with Crippen LogP contribution in [-0.4, -0.2) is 71.7 Å². The van der Waals surface area contributed by atoms with Crippen molar-refractivity contribution in [3.8, 4) is 34.6 Å². The normalized spacial score (nSPS) is 16.8. The molecule has 1 fully saturated rings. The molecule has 1 aromatic carbocycles. The average Bonchev–Trinajstić information content (AvgIpc) is 3.32. The molecule has 1 aliphatic carbocycles. The second kappa shape index (κ2) is 12.3. The Morgan fingerprint density at radius 2 is 1.73 bits per heavy atom. The van der Waals surface area contributed by atoms with Crippen LogP contribution in [-0.2, 0) is 14.8 Å². The summed E-state index contributed by atoms with van der Waals surface area (Å²) in [5.74, 6) is 1.88. The molecule has 1 saturated carbocycles. The molecule has 13 heteroatoms. The Morgan fingerprint density at radius 1 is 1.00 bits per heavy atom. The van der Waals surface area contributed by atoms with Crippen LogP contribution in [0.25, 0.3) is 28.5 Å². The Morgan fingerprint density at radius 3 is 2.41 bits per heavy atom. The van der Waals surface area contributed by atoms with Crippen molar-refractivity contribution in [3.63, 3.8) is 0 Å². The predicted octanol–water partition coefficient (Wildman–Crippen LogP) is 4.38. The highest BCUT2D eigenvalue weighted by Crippen LogP contribution is 2.38. The number of imidazole rings is 1. The van der Waals surface area contributed by atoms with Gasteiger partial charge in [0.1, 0.15) is 22.9 Å². The van der Waals surface area contributed by atoms with Gasteiger partial charge in [0, 0.05) is 12.7 Å². The Kier molecular flexibility index (Phi) is 8.54. The molecule has 3 aromatic heterocycles. The molecular formula is C28H34N6O6S. The first-order valence-corrected chi connectivity index (χ1v) is 15.1. The molecule has 3 heterocycles. The van der Waals surface area contributed by atoms with Crippen LogP contribution in [0.3, 0.4) is 0 Å². The number of hydrogen-bond acceptors (Lipinski definition) is 10. The van der Waals surface area contributed by atoms with Gasteiger partial charge in [-0.25, -0.2) is 28.4 Å². The van der Waals surface area contributed by atoms with Gasteiger partial charge in [-0.3, -0.25) is 9.29 Å². The molecule has 0 spiro atoms. The molecule has 0 amide bonds. The molecule has 218 valence electrons. The van der Waals surface area contributed by atoms with Gasteiger partial charge in [0.15, 0.2) is 22.9 Å². The zero-order chi connectivity index (χ0) is 29.0. The third-order valence-electron chi connectivity index (χ3n) is 6.83. The Hall–Kier alpha value is -3.97. The number of rotatable bonds is 13. The van der Waals surface area contributed by atoms with E-state index in [1.807, 2.05) is 13.0 Å². The van der Waals surface area contributed by atoms with Crippen LogP contribution >= 0.6 is 0 Å². The largest absolute Gasteiger partial charge is 0.494 e. The minimum atomic E-state index is -3.71. The van der Waals surface area contributed by atoms with Gasteiger partial charge in [-0.05, 0) is 44.4 Å². The molecule has 0 radical (unpaired) electrons. The molecule has 0 aliphatic heterocycles. The van der Waals surface area contributed by atoms with Gasteiger partial charge >= 0.3 is 0 Å². The Balaban J connectivity index is 1.56. The number of aromatic nitrogens is 5. The van der Waals surface area contributed by atoms with Crippen molar-refractivity contribution in [1.82, 2.24) is 24.5 Å². The van der Waals surface area contributed by atoms with Gasteiger partial charge in [0.05, 0.1) is 38.4 Å². The molecule has 1 N–H and O–H groups in total. The van der Waals surface area contributed by atoms with Crippen molar-refractivity contribution < 1.29 is 27.4 Å². The fraction of sp³-hybridized carbons (Fsp3) is 0.429. The quantitative estimate of drug-likeness (QED) is 0.226. The molecule has 5 rings (SSSR count). The minimum absolute atomic E-state index is 0.0429. The van der Waals surface area contributed by atoms with Gasteiger partial charge in [0.25, 0.3) is 0 Å². The van der Waals surface area contributed by atoms with Crippen LogP contribution < -0.4 is 18.9 Å². The van der Waals surface area contributed by atoms with Crippen LogP contribution in [0, 0.1) is 0 Å². The van der Waals surface area contributed by atoms with E-state index in [4.69, 9.17) is 23.9 Å². The number of para-hydroxylation sites is 1. The summed E-state index contributed by atoms with van der Waals surface area (Å²) in [6.07, 6.45) is 4.19. The second-order valence-corrected chi connectivity index (χ2v) is 11.5. The van der Waals surface area contributed by atoms with E-state index >= 15 is 0 Å². The number of nitrogens with one attached hydrogen (secondary N) is 1. The lowest BCUT2D eigenvalue weighted by Crippen LogP contribution is -2.43. The Labute approximate surface area is 239 Å². The first kappa shape index (κ1) is 28.6. The van der Waals surface area contributed by atoms with Gasteiger partial charge in [0.2, 0.25) is 15.9 Å². The van der Waals surface area contributed by atoms with Crippen molar-refractivity contribution in [1.29, 1.82) is 0 Å². The highest BCUT2D eigenvalue weighted by atomic mass is 32.2. The first-order valence-electron chi connectivity index (χ1n) is 13.6. The molecule has 41 heavy (non-hydrogen) atoms. The van der Waals surface area contributed by atoms with Crippen molar-refractivity contribution >= 4 is 27.1 Å². The van der Waals surface area contributed by atoms with E-state index in [0.29, 0.717) is 66.3 Å². The number of sulfonamides is 1. The molecule has 0 saturated heterocycles. The fourth-order valence-electron chi connectivity index (χ4n) is 4.64. The molecule has 0 unspecified atom stereocenters. The van der Waals surface area contributed by atoms with E-state index in [1.54, 1.807) is 49.1 Å². The number of ether oxygens (including phenoxy) is 4. The van der Waals surface area contributed by atoms with E-state index in [0.717, 1.165) is 12.8 Å². The lowest BCUT2D eigenvalue weighted by molar-refractivity contribution is 0.00343. The highest BCUT2D eigenvalue weighted by molar-refractivity contribution is 7.93. The van der Waals surface area contributed by atoms with Crippen molar-refractivity contribution in [2.75, 3.05) is 32.2 Å². The van der Waals surface area contributed by atoms with E-state index in [2.05, 4.69) is 26.6 Å². The number of unbranched alkanes of at least 4 members (excludes halogenated alkanes) is 1. The standard InChI is InChI=1S/C28H34N6O6S/c1-5-7-14-40-18-15-19(16-18)41(35,36)33-23-17-29-26-28(31-23)34(25-21(37-3)11-9-12-22(25)38-4)27(32-26)20-10-8-13-24(30-20)39-6-2/h8-13,17-19H,5-7,14-16H2,1-4H3,(H,31,33). The number of fused-ring (bicyclic) bond motifs is 1. The van der Waals surface area contributed by atoms with Gasteiger partial charge < -0.3 is 18.9 Å². The van der Waals surface area contributed by atoms with Gasteiger partial charge in [-0.15, -0.1) is 0 Å². The van der Waals surface area contributed by atoms with E-state index < -0.39 is 15.3 Å².